The number of nitrogens with zero attached hydrogens (tertiary/aromatic N) is 2. The molecular formula is C23H22FN3O4. The number of halogens is 1. The third kappa shape index (κ3) is 5.85. The first-order chi connectivity index (χ1) is 15.0. The van der Waals surface area contributed by atoms with Crippen LogP contribution in [-0.2, 0) is 16.0 Å². The van der Waals surface area contributed by atoms with Crippen LogP contribution in [0.4, 0.5) is 10.1 Å². The molecule has 3 aromatic rings. The Bertz CT molecular complexity index is 1110. The number of anilines is 1. The Morgan fingerprint density at radius 3 is 2.48 bits per heavy atom. The summed E-state index contributed by atoms with van der Waals surface area (Å²) < 4.78 is 19.2. The Morgan fingerprint density at radius 1 is 1.10 bits per heavy atom. The SMILES string of the molecule is CCOC(=O)c1nn(-c2ccc(F)cc2)c(=O)cc1NC(=O)CCCc1ccccc1. The Morgan fingerprint density at radius 2 is 1.81 bits per heavy atom. The third-order valence-corrected chi connectivity index (χ3v) is 4.46. The van der Waals surface area contributed by atoms with Gasteiger partial charge in [-0.15, -0.1) is 0 Å². The molecule has 0 bridgehead atoms. The molecule has 2 aromatic carbocycles. The first-order valence-corrected chi connectivity index (χ1v) is 9.89. The van der Waals surface area contributed by atoms with Gasteiger partial charge in [0.2, 0.25) is 5.91 Å². The summed E-state index contributed by atoms with van der Waals surface area (Å²) in [4.78, 5) is 37.3. The molecule has 0 fully saturated rings. The Labute approximate surface area is 178 Å². The molecule has 160 valence electrons. The fraction of sp³-hybridized carbons (Fsp3) is 0.217. The van der Waals surface area contributed by atoms with Gasteiger partial charge in [0.15, 0.2) is 5.69 Å². The minimum Gasteiger partial charge on any atom is -0.461 e. The van der Waals surface area contributed by atoms with Gasteiger partial charge in [0.25, 0.3) is 5.56 Å². The van der Waals surface area contributed by atoms with E-state index in [0.29, 0.717) is 6.42 Å². The Hall–Kier alpha value is -3.81. The monoisotopic (exact) mass is 423 g/mol. The van der Waals surface area contributed by atoms with Crippen LogP contribution in [-0.4, -0.2) is 28.3 Å². The van der Waals surface area contributed by atoms with Crippen molar-refractivity contribution in [3.8, 4) is 5.69 Å². The smallest absolute Gasteiger partial charge is 0.360 e. The molecular weight excluding hydrogens is 401 g/mol. The van der Waals surface area contributed by atoms with E-state index < -0.39 is 17.3 Å². The predicted molar refractivity (Wildman–Crippen MR) is 114 cm³/mol. The zero-order valence-electron chi connectivity index (χ0n) is 17.0. The highest BCUT2D eigenvalue weighted by Gasteiger charge is 2.20. The number of rotatable bonds is 8. The molecule has 0 aliphatic heterocycles. The minimum atomic E-state index is -0.780. The van der Waals surface area contributed by atoms with Gasteiger partial charge in [-0.05, 0) is 49.6 Å². The second kappa shape index (κ2) is 10.3. The normalized spacial score (nSPS) is 10.5. The van der Waals surface area contributed by atoms with E-state index in [0.717, 1.165) is 22.7 Å². The van der Waals surface area contributed by atoms with E-state index in [1.54, 1.807) is 6.92 Å². The zero-order valence-corrected chi connectivity index (χ0v) is 17.0. The van der Waals surface area contributed by atoms with E-state index in [9.17, 15) is 18.8 Å². The minimum absolute atomic E-state index is 0.0217. The van der Waals surface area contributed by atoms with Crippen molar-refractivity contribution in [3.05, 3.63) is 88.1 Å². The third-order valence-electron chi connectivity index (χ3n) is 4.46. The van der Waals surface area contributed by atoms with Gasteiger partial charge >= 0.3 is 5.97 Å². The van der Waals surface area contributed by atoms with Gasteiger partial charge in [0.1, 0.15) is 5.82 Å². The number of aryl methyl sites for hydroxylation is 1. The highest BCUT2D eigenvalue weighted by molar-refractivity contribution is 5.99. The maximum Gasteiger partial charge on any atom is 0.360 e. The number of aromatic nitrogens is 2. The highest BCUT2D eigenvalue weighted by Crippen LogP contribution is 2.15. The van der Waals surface area contributed by atoms with E-state index in [1.165, 1.54) is 24.3 Å². The molecule has 31 heavy (non-hydrogen) atoms. The van der Waals surface area contributed by atoms with Crippen LogP contribution in [0.25, 0.3) is 5.69 Å². The van der Waals surface area contributed by atoms with Crippen LogP contribution < -0.4 is 10.9 Å². The molecule has 1 heterocycles. The number of carbonyl (C=O) groups excluding carboxylic acids is 2. The lowest BCUT2D eigenvalue weighted by Crippen LogP contribution is -2.27. The van der Waals surface area contributed by atoms with Gasteiger partial charge in [0.05, 0.1) is 18.0 Å². The van der Waals surface area contributed by atoms with E-state index in [4.69, 9.17) is 4.74 Å². The second-order valence-corrected chi connectivity index (χ2v) is 6.74. The number of esters is 1. The van der Waals surface area contributed by atoms with E-state index in [1.807, 2.05) is 30.3 Å². The van der Waals surface area contributed by atoms with Gasteiger partial charge in [0, 0.05) is 12.5 Å². The quantitative estimate of drug-likeness (QED) is 0.560. The lowest BCUT2D eigenvalue weighted by Gasteiger charge is -2.12. The summed E-state index contributed by atoms with van der Waals surface area (Å²) in [7, 11) is 0. The van der Waals surface area contributed by atoms with Gasteiger partial charge < -0.3 is 10.1 Å². The van der Waals surface area contributed by atoms with Crippen LogP contribution in [0.3, 0.4) is 0 Å². The maximum absolute atomic E-state index is 13.2. The molecule has 1 N–H and O–H groups in total. The van der Waals surface area contributed by atoms with Gasteiger partial charge in [-0.1, -0.05) is 30.3 Å². The van der Waals surface area contributed by atoms with Crippen LogP contribution in [0.5, 0.6) is 0 Å². The Balaban J connectivity index is 1.80. The van der Waals surface area contributed by atoms with Crippen molar-refractivity contribution in [2.75, 3.05) is 11.9 Å². The molecule has 0 saturated carbocycles. The largest absolute Gasteiger partial charge is 0.461 e. The van der Waals surface area contributed by atoms with Crippen LogP contribution in [0.1, 0.15) is 35.8 Å². The van der Waals surface area contributed by atoms with Crippen molar-refractivity contribution >= 4 is 17.6 Å². The molecule has 1 amide bonds. The summed E-state index contributed by atoms with van der Waals surface area (Å²) >= 11 is 0. The summed E-state index contributed by atoms with van der Waals surface area (Å²) in [6, 6.07) is 15.9. The fourth-order valence-corrected chi connectivity index (χ4v) is 2.98. The highest BCUT2D eigenvalue weighted by atomic mass is 19.1. The van der Waals surface area contributed by atoms with Crippen LogP contribution in [0, 0.1) is 5.82 Å². The lowest BCUT2D eigenvalue weighted by molar-refractivity contribution is -0.116. The Kier molecular flexibility index (Phi) is 7.26. The first-order valence-electron chi connectivity index (χ1n) is 9.89. The van der Waals surface area contributed by atoms with Crippen molar-refractivity contribution in [1.29, 1.82) is 0 Å². The molecule has 0 unspecified atom stereocenters. The molecule has 0 aliphatic carbocycles. The zero-order chi connectivity index (χ0) is 22.2. The predicted octanol–water partition coefficient (Wildman–Crippen LogP) is 3.51. The molecule has 0 aliphatic rings. The second-order valence-electron chi connectivity index (χ2n) is 6.74. The maximum atomic E-state index is 13.2. The van der Waals surface area contributed by atoms with Crippen molar-refractivity contribution in [3.63, 3.8) is 0 Å². The number of amides is 1. The number of ether oxygens (including phenoxy) is 1. The fourth-order valence-electron chi connectivity index (χ4n) is 2.98. The summed E-state index contributed by atoms with van der Waals surface area (Å²) in [6.07, 6.45) is 1.53. The van der Waals surface area contributed by atoms with Crippen molar-refractivity contribution in [1.82, 2.24) is 9.78 Å². The van der Waals surface area contributed by atoms with E-state index >= 15 is 0 Å². The number of hydrogen-bond donors (Lipinski definition) is 1. The van der Waals surface area contributed by atoms with E-state index in [2.05, 4.69) is 10.4 Å². The number of hydrogen-bond acceptors (Lipinski definition) is 5. The van der Waals surface area contributed by atoms with Crippen LogP contribution in [0.15, 0.2) is 65.5 Å². The number of benzene rings is 2. The van der Waals surface area contributed by atoms with Gasteiger partial charge in [-0.3, -0.25) is 9.59 Å². The van der Waals surface area contributed by atoms with Crippen molar-refractivity contribution in [2.24, 2.45) is 0 Å². The summed E-state index contributed by atoms with van der Waals surface area (Å²) in [5.41, 5.74) is 0.580. The average Bonchev–Trinajstić information content (AvgIpc) is 2.75. The van der Waals surface area contributed by atoms with Gasteiger partial charge in [-0.25, -0.2) is 9.18 Å². The molecule has 8 heteroatoms. The van der Waals surface area contributed by atoms with Crippen LogP contribution in [0.2, 0.25) is 0 Å². The summed E-state index contributed by atoms with van der Waals surface area (Å²) in [6.45, 7) is 1.73. The molecule has 0 radical (unpaired) electrons. The topological polar surface area (TPSA) is 90.3 Å². The molecule has 1 aromatic heterocycles. The number of carbonyl (C=O) groups is 2. The molecule has 3 rings (SSSR count). The van der Waals surface area contributed by atoms with Crippen molar-refractivity contribution < 1.29 is 18.7 Å². The van der Waals surface area contributed by atoms with Crippen LogP contribution >= 0.6 is 0 Å². The summed E-state index contributed by atoms with van der Waals surface area (Å²) in [5, 5.41) is 6.65. The molecule has 0 saturated heterocycles. The summed E-state index contributed by atoms with van der Waals surface area (Å²) in [5.74, 6) is -1.60. The lowest BCUT2D eigenvalue weighted by atomic mass is 10.1. The number of nitrogens with one attached hydrogen (secondary N) is 1. The van der Waals surface area contributed by atoms with E-state index in [-0.39, 0.29) is 36.0 Å². The molecule has 0 spiro atoms. The standard InChI is InChI=1S/C23H22FN3O4/c1-2-31-23(30)22-19(25-20(28)10-6-9-16-7-4-3-5-8-16)15-21(29)27(26-22)18-13-11-17(24)12-14-18/h3-5,7-8,11-15H,2,6,9-10H2,1H3,(H,25,28). The first kappa shape index (κ1) is 21.9. The molecule has 7 nitrogen and oxygen atoms in total. The van der Waals surface area contributed by atoms with Crippen molar-refractivity contribution in [2.45, 2.75) is 26.2 Å². The molecule has 0 atom stereocenters. The average molecular weight is 423 g/mol. The van der Waals surface area contributed by atoms with Gasteiger partial charge in [-0.2, -0.15) is 9.78 Å².